The molecule has 3 aromatic rings. The van der Waals surface area contributed by atoms with Crippen molar-refractivity contribution in [1.82, 2.24) is 4.90 Å². The molecule has 0 bridgehead atoms. The molecule has 37 heavy (non-hydrogen) atoms. The molecular weight excluding hydrogens is 474 g/mol. The maximum atomic E-state index is 13.3. The molecule has 1 saturated heterocycles. The minimum absolute atomic E-state index is 0.0299. The average Bonchev–Trinajstić information content (AvgIpc) is 3.47. The van der Waals surface area contributed by atoms with Crippen molar-refractivity contribution in [2.45, 2.75) is 25.9 Å². The number of rotatable bonds is 6. The van der Waals surface area contributed by atoms with E-state index in [2.05, 4.69) is 0 Å². The van der Waals surface area contributed by atoms with Crippen LogP contribution in [0.25, 0.3) is 5.76 Å². The van der Waals surface area contributed by atoms with Crippen LogP contribution in [0.15, 0.2) is 72.3 Å². The van der Waals surface area contributed by atoms with E-state index in [4.69, 9.17) is 9.47 Å². The summed E-state index contributed by atoms with van der Waals surface area (Å²) in [6.07, 6.45) is 0.688. The maximum absolute atomic E-state index is 13.3. The van der Waals surface area contributed by atoms with E-state index in [0.717, 1.165) is 11.3 Å². The summed E-state index contributed by atoms with van der Waals surface area (Å²) in [6.45, 7) is 2.60. The number of Topliss-reactive ketones (excluding diaryl/α,β-unsaturated/α-hetero) is 1. The number of aromatic hydroxyl groups is 1. The molecule has 8 nitrogen and oxygen atoms in total. The lowest BCUT2D eigenvalue weighted by atomic mass is 9.94. The molecule has 0 radical (unpaired) electrons. The fourth-order valence-corrected chi connectivity index (χ4v) is 4.69. The summed E-state index contributed by atoms with van der Waals surface area (Å²) in [5.74, 6) is -1.49. The summed E-state index contributed by atoms with van der Waals surface area (Å²) in [4.78, 5) is 39.9. The van der Waals surface area contributed by atoms with Crippen LogP contribution >= 0.6 is 0 Å². The van der Waals surface area contributed by atoms with E-state index < -0.39 is 23.7 Å². The third kappa shape index (κ3) is 4.53. The second kappa shape index (κ2) is 9.81. The van der Waals surface area contributed by atoms with Crippen molar-refractivity contribution >= 4 is 23.4 Å². The largest absolute Gasteiger partial charge is 0.508 e. The number of ether oxygens (including phenoxy) is 2. The van der Waals surface area contributed by atoms with Gasteiger partial charge in [0, 0.05) is 18.5 Å². The Morgan fingerprint density at radius 2 is 1.73 bits per heavy atom. The van der Waals surface area contributed by atoms with Crippen molar-refractivity contribution < 1.29 is 34.1 Å². The number of benzene rings is 3. The standard InChI is InChI=1S/C29H25NO7/c1-2-36-29(35)19-5-3-17(4-6-19)16-30-25(18-7-10-22(31)11-8-18)24(27(33)28(30)34)26(32)21-9-12-23-20(15-21)13-14-37-23/h3-12,15,25,31-32H,2,13-14,16H2,1H3/b26-24-. The lowest BCUT2D eigenvalue weighted by Gasteiger charge is -2.25. The molecular formula is C29H25NO7. The molecule has 2 aliphatic heterocycles. The Bertz CT molecular complexity index is 1410. The van der Waals surface area contributed by atoms with Crippen molar-refractivity contribution in [3.63, 3.8) is 0 Å². The number of hydrogen-bond donors (Lipinski definition) is 2. The van der Waals surface area contributed by atoms with Gasteiger partial charge in [0.05, 0.1) is 30.4 Å². The second-order valence-corrected chi connectivity index (χ2v) is 8.86. The average molecular weight is 500 g/mol. The zero-order valence-electron chi connectivity index (χ0n) is 20.1. The van der Waals surface area contributed by atoms with Gasteiger partial charge in [0.15, 0.2) is 0 Å². The Hall–Kier alpha value is -4.59. The normalized spacial score (nSPS) is 18.0. The van der Waals surface area contributed by atoms with Crippen LogP contribution in [0.1, 0.15) is 45.6 Å². The first kappa shape index (κ1) is 24.1. The first-order chi connectivity index (χ1) is 17.9. The number of esters is 1. The third-order valence-corrected chi connectivity index (χ3v) is 6.53. The molecule has 1 amide bonds. The summed E-state index contributed by atoms with van der Waals surface area (Å²) in [6, 6.07) is 17.1. The zero-order valence-corrected chi connectivity index (χ0v) is 20.1. The smallest absolute Gasteiger partial charge is 0.338 e. The summed E-state index contributed by atoms with van der Waals surface area (Å²) in [5.41, 5.74) is 2.94. The zero-order chi connectivity index (χ0) is 26.1. The molecule has 5 rings (SSSR count). The molecule has 8 heteroatoms. The van der Waals surface area contributed by atoms with E-state index in [1.165, 1.54) is 17.0 Å². The fraction of sp³-hybridized carbons (Fsp3) is 0.207. The van der Waals surface area contributed by atoms with Gasteiger partial charge in [-0.2, -0.15) is 0 Å². The van der Waals surface area contributed by atoms with Crippen molar-refractivity contribution in [3.05, 3.63) is 100 Å². The molecule has 0 aromatic heterocycles. The highest BCUT2D eigenvalue weighted by atomic mass is 16.5. The third-order valence-electron chi connectivity index (χ3n) is 6.53. The number of phenols is 1. The van der Waals surface area contributed by atoms with Crippen LogP contribution in [-0.4, -0.2) is 46.0 Å². The van der Waals surface area contributed by atoms with Crippen molar-refractivity contribution in [1.29, 1.82) is 0 Å². The molecule has 0 saturated carbocycles. The number of nitrogens with zero attached hydrogens (tertiary/aromatic N) is 1. The van der Waals surface area contributed by atoms with Crippen LogP contribution in [0.5, 0.6) is 11.5 Å². The molecule has 1 atom stereocenters. The minimum Gasteiger partial charge on any atom is -0.508 e. The van der Waals surface area contributed by atoms with Crippen LogP contribution in [0.2, 0.25) is 0 Å². The summed E-state index contributed by atoms with van der Waals surface area (Å²) in [5, 5.41) is 21.1. The lowest BCUT2D eigenvalue weighted by molar-refractivity contribution is -0.140. The Morgan fingerprint density at radius 1 is 1.03 bits per heavy atom. The molecule has 1 fully saturated rings. The Balaban J connectivity index is 1.55. The Morgan fingerprint density at radius 3 is 2.43 bits per heavy atom. The number of carbonyl (C=O) groups excluding carboxylic acids is 3. The topological polar surface area (TPSA) is 113 Å². The summed E-state index contributed by atoms with van der Waals surface area (Å²) < 4.78 is 10.6. The van der Waals surface area contributed by atoms with E-state index in [-0.39, 0.29) is 30.2 Å². The number of fused-ring (bicyclic) bond motifs is 1. The highest BCUT2D eigenvalue weighted by molar-refractivity contribution is 6.46. The number of likely N-dealkylation sites (tertiary alicyclic amines) is 1. The van der Waals surface area contributed by atoms with Gasteiger partial charge in [-0.15, -0.1) is 0 Å². The molecule has 0 spiro atoms. The maximum Gasteiger partial charge on any atom is 0.338 e. The highest BCUT2D eigenvalue weighted by Crippen LogP contribution is 2.41. The predicted octanol–water partition coefficient (Wildman–Crippen LogP) is 4.13. The number of hydrogen-bond acceptors (Lipinski definition) is 7. The molecule has 2 aliphatic rings. The van der Waals surface area contributed by atoms with Gasteiger partial charge in [0.25, 0.3) is 11.7 Å². The first-order valence-electron chi connectivity index (χ1n) is 12.0. The Labute approximate surface area is 213 Å². The summed E-state index contributed by atoms with van der Waals surface area (Å²) >= 11 is 0. The van der Waals surface area contributed by atoms with E-state index in [1.54, 1.807) is 61.5 Å². The molecule has 3 aromatic carbocycles. The van der Waals surface area contributed by atoms with E-state index in [9.17, 15) is 24.6 Å². The lowest BCUT2D eigenvalue weighted by Crippen LogP contribution is -2.29. The predicted molar refractivity (Wildman–Crippen MR) is 134 cm³/mol. The van der Waals surface area contributed by atoms with Crippen LogP contribution in [0.3, 0.4) is 0 Å². The monoisotopic (exact) mass is 499 g/mol. The molecule has 2 N–H and O–H groups in total. The van der Waals surface area contributed by atoms with Crippen molar-refractivity contribution in [2.24, 2.45) is 0 Å². The molecule has 0 aliphatic carbocycles. The second-order valence-electron chi connectivity index (χ2n) is 8.86. The first-order valence-corrected chi connectivity index (χ1v) is 12.0. The van der Waals surface area contributed by atoms with E-state index in [0.29, 0.717) is 35.3 Å². The number of ketones is 1. The quantitative estimate of drug-likeness (QED) is 0.227. The highest BCUT2D eigenvalue weighted by Gasteiger charge is 2.46. The molecule has 188 valence electrons. The number of aliphatic hydroxyl groups is 1. The molecule has 1 unspecified atom stereocenters. The number of phenolic OH excluding ortho intramolecular Hbond substituents is 1. The van der Waals surface area contributed by atoms with Gasteiger partial charge in [-0.3, -0.25) is 9.59 Å². The van der Waals surface area contributed by atoms with Gasteiger partial charge in [0.2, 0.25) is 0 Å². The van der Waals surface area contributed by atoms with Crippen molar-refractivity contribution in [2.75, 3.05) is 13.2 Å². The number of carbonyl (C=O) groups is 3. The Kier molecular flexibility index (Phi) is 6.40. The number of amides is 1. The van der Waals surface area contributed by atoms with E-state index >= 15 is 0 Å². The van der Waals surface area contributed by atoms with Crippen LogP contribution in [0, 0.1) is 0 Å². The minimum atomic E-state index is -0.880. The fourth-order valence-electron chi connectivity index (χ4n) is 4.69. The summed E-state index contributed by atoms with van der Waals surface area (Å²) in [7, 11) is 0. The van der Waals surface area contributed by atoms with Gasteiger partial charge < -0.3 is 24.6 Å². The number of aliphatic hydroxyl groups excluding tert-OH is 1. The van der Waals surface area contributed by atoms with Gasteiger partial charge in [-0.05, 0) is 66.1 Å². The van der Waals surface area contributed by atoms with Crippen LogP contribution in [0.4, 0.5) is 0 Å². The van der Waals surface area contributed by atoms with Gasteiger partial charge in [0.1, 0.15) is 17.3 Å². The van der Waals surface area contributed by atoms with Crippen LogP contribution < -0.4 is 4.74 Å². The van der Waals surface area contributed by atoms with E-state index in [1.807, 2.05) is 0 Å². The van der Waals surface area contributed by atoms with Gasteiger partial charge in [-0.1, -0.05) is 24.3 Å². The van der Waals surface area contributed by atoms with Crippen LogP contribution in [-0.2, 0) is 27.3 Å². The van der Waals surface area contributed by atoms with Gasteiger partial charge in [-0.25, -0.2) is 4.79 Å². The molecule has 2 heterocycles. The SMILES string of the molecule is CCOC(=O)c1ccc(CN2C(=O)C(=O)/C(=C(\O)c3ccc4c(c3)CCO4)C2c2ccc(O)cc2)cc1. The van der Waals surface area contributed by atoms with Crippen molar-refractivity contribution in [3.8, 4) is 11.5 Å². The van der Waals surface area contributed by atoms with Gasteiger partial charge >= 0.3 is 5.97 Å².